The summed E-state index contributed by atoms with van der Waals surface area (Å²) in [7, 11) is -3.62. The maximum Gasteiger partial charge on any atom is 0.262 e. The van der Waals surface area contributed by atoms with Crippen molar-refractivity contribution in [2.45, 2.75) is 24.0 Å². The number of hydrogen-bond donors (Lipinski definition) is 1. The molecular weight excluding hydrogens is 456 g/mol. The van der Waals surface area contributed by atoms with E-state index in [9.17, 15) is 18.0 Å². The lowest BCUT2D eigenvalue weighted by Gasteiger charge is -2.10. The first kappa shape index (κ1) is 21.6. The fourth-order valence-electron chi connectivity index (χ4n) is 4.16. The van der Waals surface area contributed by atoms with E-state index in [4.69, 9.17) is 0 Å². The second kappa shape index (κ2) is 8.28. The third-order valence-corrected chi connectivity index (χ3v) is 9.08. The molecule has 0 radical (unpaired) electrons. The SMILES string of the molecule is Cc1ccc(S(=O)(=O)CC(=O)Cc2ccc(-n3ccc4cc5c(cc4c3=O)CCN5)cc2)s1. The maximum absolute atomic E-state index is 13.1. The van der Waals surface area contributed by atoms with Gasteiger partial charge < -0.3 is 5.32 Å². The smallest absolute Gasteiger partial charge is 0.262 e. The number of fused-ring (bicyclic) bond motifs is 2. The van der Waals surface area contributed by atoms with Gasteiger partial charge in [0.2, 0.25) is 0 Å². The van der Waals surface area contributed by atoms with Gasteiger partial charge in [-0.3, -0.25) is 14.2 Å². The highest BCUT2D eigenvalue weighted by Crippen LogP contribution is 2.27. The average Bonchev–Trinajstić information content (AvgIpc) is 3.42. The Morgan fingerprint density at radius 2 is 1.88 bits per heavy atom. The molecule has 6 nitrogen and oxygen atoms in total. The largest absolute Gasteiger partial charge is 0.384 e. The maximum atomic E-state index is 13.1. The molecule has 8 heteroatoms. The highest BCUT2D eigenvalue weighted by atomic mass is 32.2. The third kappa shape index (κ3) is 4.24. The molecule has 33 heavy (non-hydrogen) atoms. The van der Waals surface area contributed by atoms with Crippen LogP contribution in [0.4, 0.5) is 5.69 Å². The van der Waals surface area contributed by atoms with Gasteiger partial charge in [0.25, 0.3) is 5.56 Å². The minimum absolute atomic E-state index is 0.0234. The molecule has 0 spiro atoms. The molecule has 0 bridgehead atoms. The van der Waals surface area contributed by atoms with Crippen molar-refractivity contribution >= 4 is 43.4 Å². The number of pyridine rings is 1. The van der Waals surface area contributed by atoms with Crippen LogP contribution >= 0.6 is 11.3 Å². The predicted octanol–water partition coefficient (Wildman–Crippen LogP) is 3.91. The summed E-state index contributed by atoms with van der Waals surface area (Å²) in [6.07, 6.45) is 2.68. The van der Waals surface area contributed by atoms with Crippen molar-refractivity contribution in [2.75, 3.05) is 17.6 Å². The van der Waals surface area contributed by atoms with E-state index in [1.807, 2.05) is 25.1 Å². The molecule has 0 fully saturated rings. The van der Waals surface area contributed by atoms with Crippen molar-refractivity contribution in [1.82, 2.24) is 4.57 Å². The van der Waals surface area contributed by atoms with Crippen LogP contribution in [0.5, 0.6) is 0 Å². The van der Waals surface area contributed by atoms with Crippen molar-refractivity contribution in [1.29, 1.82) is 0 Å². The standard InChI is InChI=1S/C25H22N2O4S2/c1-16-2-7-24(32-16)33(30,31)15-21(28)12-17-3-5-20(6-4-17)27-11-9-18-14-23-19(8-10-26-23)13-22(18)25(27)29/h2-7,9,11,13-14,26H,8,10,12,15H2,1H3. The lowest BCUT2D eigenvalue weighted by molar-refractivity contribution is -0.116. The van der Waals surface area contributed by atoms with Crippen molar-refractivity contribution in [3.8, 4) is 5.69 Å². The molecule has 0 saturated heterocycles. The summed E-state index contributed by atoms with van der Waals surface area (Å²) < 4.78 is 26.7. The van der Waals surface area contributed by atoms with Gasteiger partial charge in [-0.1, -0.05) is 12.1 Å². The van der Waals surface area contributed by atoms with E-state index in [0.29, 0.717) is 16.6 Å². The van der Waals surface area contributed by atoms with Crippen molar-refractivity contribution in [2.24, 2.45) is 0 Å². The number of aryl methyl sites for hydroxylation is 1. The minimum atomic E-state index is -3.62. The first-order chi connectivity index (χ1) is 15.8. The Bertz CT molecular complexity index is 1550. The molecule has 1 N–H and O–H groups in total. The van der Waals surface area contributed by atoms with E-state index < -0.39 is 15.6 Å². The zero-order valence-corrected chi connectivity index (χ0v) is 19.6. The van der Waals surface area contributed by atoms with Crippen LogP contribution in [0, 0.1) is 6.92 Å². The van der Waals surface area contributed by atoms with Gasteiger partial charge in [0.05, 0.1) is 0 Å². The number of carbonyl (C=O) groups is 1. The molecule has 0 amide bonds. The number of rotatable bonds is 6. The Balaban J connectivity index is 1.35. The Morgan fingerprint density at radius 1 is 1.09 bits per heavy atom. The molecule has 168 valence electrons. The summed E-state index contributed by atoms with van der Waals surface area (Å²) in [6.45, 7) is 2.71. The molecule has 0 atom stereocenters. The fourth-order valence-corrected chi connectivity index (χ4v) is 6.77. The summed E-state index contributed by atoms with van der Waals surface area (Å²) >= 11 is 1.17. The summed E-state index contributed by atoms with van der Waals surface area (Å²) in [4.78, 5) is 26.4. The topological polar surface area (TPSA) is 85.2 Å². The minimum Gasteiger partial charge on any atom is -0.384 e. The highest BCUT2D eigenvalue weighted by Gasteiger charge is 2.21. The van der Waals surface area contributed by atoms with Crippen LogP contribution in [0.2, 0.25) is 0 Å². The Kier molecular flexibility index (Phi) is 5.42. The molecule has 2 aromatic carbocycles. The molecule has 5 rings (SSSR count). The molecule has 2 aromatic heterocycles. The number of aromatic nitrogens is 1. The molecule has 4 aromatic rings. The quantitative estimate of drug-likeness (QED) is 0.454. The molecule has 0 saturated carbocycles. The Labute approximate surface area is 195 Å². The number of hydrogen-bond acceptors (Lipinski definition) is 6. The van der Waals surface area contributed by atoms with Crippen LogP contribution in [-0.4, -0.2) is 31.1 Å². The predicted molar refractivity (Wildman–Crippen MR) is 132 cm³/mol. The van der Waals surface area contributed by atoms with Crippen LogP contribution in [0.1, 0.15) is 16.0 Å². The zero-order chi connectivity index (χ0) is 23.2. The molecular formula is C25H22N2O4S2. The van der Waals surface area contributed by atoms with E-state index in [1.54, 1.807) is 47.2 Å². The van der Waals surface area contributed by atoms with Crippen LogP contribution in [-0.2, 0) is 27.5 Å². The monoisotopic (exact) mass is 478 g/mol. The van der Waals surface area contributed by atoms with E-state index in [-0.39, 0.29) is 22.0 Å². The van der Waals surface area contributed by atoms with E-state index in [2.05, 4.69) is 5.32 Å². The van der Waals surface area contributed by atoms with Gasteiger partial charge in [-0.05, 0) is 72.3 Å². The van der Waals surface area contributed by atoms with Crippen molar-refractivity contribution in [3.63, 3.8) is 0 Å². The summed E-state index contributed by atoms with van der Waals surface area (Å²) in [5.41, 5.74) is 3.55. The molecule has 1 aliphatic rings. The van der Waals surface area contributed by atoms with Gasteiger partial charge in [0.15, 0.2) is 15.6 Å². The number of nitrogens with one attached hydrogen (secondary N) is 1. The molecule has 1 aliphatic heterocycles. The highest BCUT2D eigenvalue weighted by molar-refractivity contribution is 7.94. The fraction of sp³-hybridized carbons (Fsp3) is 0.200. The molecule has 3 heterocycles. The van der Waals surface area contributed by atoms with Crippen LogP contribution < -0.4 is 10.9 Å². The lowest BCUT2D eigenvalue weighted by atomic mass is 10.1. The number of thiophene rings is 1. The Hall–Kier alpha value is -3.23. The first-order valence-corrected chi connectivity index (χ1v) is 13.1. The normalized spacial score (nSPS) is 13.1. The van der Waals surface area contributed by atoms with Gasteiger partial charge in [0.1, 0.15) is 9.96 Å². The van der Waals surface area contributed by atoms with Gasteiger partial charge in [-0.25, -0.2) is 8.42 Å². The van der Waals surface area contributed by atoms with E-state index in [0.717, 1.165) is 34.5 Å². The number of sulfone groups is 1. The van der Waals surface area contributed by atoms with Crippen molar-refractivity contribution in [3.05, 3.63) is 87.2 Å². The van der Waals surface area contributed by atoms with Crippen LogP contribution in [0.25, 0.3) is 16.5 Å². The molecule has 0 aliphatic carbocycles. The summed E-state index contributed by atoms with van der Waals surface area (Å²) in [6, 6.07) is 16.3. The van der Waals surface area contributed by atoms with Gasteiger partial charge in [0, 0.05) is 40.8 Å². The van der Waals surface area contributed by atoms with Gasteiger partial charge in [-0.2, -0.15) is 0 Å². The van der Waals surface area contributed by atoms with Crippen LogP contribution in [0.15, 0.2) is 69.8 Å². The van der Waals surface area contributed by atoms with Gasteiger partial charge in [-0.15, -0.1) is 11.3 Å². The van der Waals surface area contributed by atoms with Crippen LogP contribution in [0.3, 0.4) is 0 Å². The Morgan fingerprint density at radius 3 is 2.61 bits per heavy atom. The number of anilines is 1. The average molecular weight is 479 g/mol. The summed E-state index contributed by atoms with van der Waals surface area (Å²) in [5, 5.41) is 4.90. The number of nitrogens with zero attached hydrogens (tertiary/aromatic N) is 1. The third-order valence-electron chi connectivity index (χ3n) is 5.83. The van der Waals surface area contributed by atoms with E-state index in [1.165, 1.54) is 11.3 Å². The zero-order valence-electron chi connectivity index (χ0n) is 18.0. The van der Waals surface area contributed by atoms with Gasteiger partial charge >= 0.3 is 0 Å². The van der Waals surface area contributed by atoms with Crippen molar-refractivity contribution < 1.29 is 13.2 Å². The summed E-state index contributed by atoms with van der Waals surface area (Å²) in [5.74, 6) is -0.878. The number of ketones is 1. The first-order valence-electron chi connectivity index (χ1n) is 10.6. The number of benzene rings is 2. The number of Topliss-reactive ketones (excluding diaryl/α,β-unsaturated/α-hetero) is 1. The second-order valence-electron chi connectivity index (χ2n) is 8.27. The molecule has 0 unspecified atom stereocenters. The lowest BCUT2D eigenvalue weighted by Crippen LogP contribution is -2.18. The second-order valence-corrected chi connectivity index (χ2v) is 11.8. The van der Waals surface area contributed by atoms with E-state index >= 15 is 0 Å². The number of carbonyl (C=O) groups excluding carboxylic acids is 1.